The van der Waals surface area contributed by atoms with E-state index >= 15 is 0 Å². The Hall–Kier alpha value is -1.20. The highest BCUT2D eigenvalue weighted by atomic mass is 32.1. The summed E-state index contributed by atoms with van der Waals surface area (Å²) in [5, 5.41) is 5.37. The van der Waals surface area contributed by atoms with Gasteiger partial charge in [0.1, 0.15) is 0 Å². The van der Waals surface area contributed by atoms with Gasteiger partial charge in [0.15, 0.2) is 0 Å². The number of rotatable bonds is 3. The van der Waals surface area contributed by atoms with Gasteiger partial charge in [-0.3, -0.25) is 0 Å². The van der Waals surface area contributed by atoms with Crippen LogP contribution in [0.25, 0.3) is 0 Å². The molecule has 0 aromatic carbocycles. The molecule has 2 aromatic heterocycles. The lowest BCUT2D eigenvalue weighted by molar-refractivity contribution is 0.427. The number of nitrogens with one attached hydrogen (secondary N) is 1. The second-order valence-electron chi connectivity index (χ2n) is 3.78. The van der Waals surface area contributed by atoms with Crippen LogP contribution in [0, 0.1) is 0 Å². The van der Waals surface area contributed by atoms with Crippen molar-refractivity contribution in [2.24, 2.45) is 0 Å². The maximum atomic E-state index is 4.29. The topological polar surface area (TPSA) is 42.7 Å². The van der Waals surface area contributed by atoms with Crippen LogP contribution < -0.4 is 5.32 Å². The molecule has 0 saturated carbocycles. The average Bonchev–Trinajstić information content (AvgIpc) is 2.76. The summed E-state index contributed by atoms with van der Waals surface area (Å²) in [4.78, 5) is 8.51. The van der Waals surface area contributed by atoms with Crippen molar-refractivity contribution >= 4 is 11.3 Å². The maximum Gasteiger partial charge on any atom is 0.0951 e. The zero-order valence-corrected chi connectivity index (χ0v) is 9.07. The molecule has 1 N–H and O–H groups in total. The van der Waals surface area contributed by atoms with Crippen LogP contribution in [0.3, 0.4) is 0 Å². The van der Waals surface area contributed by atoms with Gasteiger partial charge in [0, 0.05) is 36.3 Å². The molecule has 2 aromatic rings. The molecule has 5 heteroatoms. The molecule has 0 amide bonds. The minimum Gasteiger partial charge on any atom is -0.328 e. The van der Waals surface area contributed by atoms with Crippen molar-refractivity contribution in [3.8, 4) is 0 Å². The van der Waals surface area contributed by atoms with Gasteiger partial charge in [-0.25, -0.2) is 9.97 Å². The van der Waals surface area contributed by atoms with Crippen LogP contribution in [0.2, 0.25) is 0 Å². The van der Waals surface area contributed by atoms with Crippen LogP contribution in [0.5, 0.6) is 0 Å². The number of nitrogens with zero attached hydrogens (tertiary/aromatic N) is 3. The van der Waals surface area contributed by atoms with Gasteiger partial charge in [0.2, 0.25) is 0 Å². The lowest BCUT2D eigenvalue weighted by Gasteiger charge is -2.27. The van der Waals surface area contributed by atoms with Crippen LogP contribution in [0.15, 0.2) is 23.4 Å². The second kappa shape index (κ2) is 3.75. The summed E-state index contributed by atoms with van der Waals surface area (Å²) in [7, 11) is 0. The fraction of sp³-hybridized carbons (Fsp3) is 0.400. The Kier molecular flexibility index (Phi) is 2.26. The maximum absolute atomic E-state index is 4.29. The van der Waals surface area contributed by atoms with E-state index in [2.05, 4.69) is 25.2 Å². The van der Waals surface area contributed by atoms with Gasteiger partial charge in [0.05, 0.1) is 24.1 Å². The highest BCUT2D eigenvalue weighted by molar-refractivity contribution is 7.07. The molecule has 4 nitrogen and oxygen atoms in total. The first kappa shape index (κ1) is 9.06. The minimum atomic E-state index is 0.631. The summed E-state index contributed by atoms with van der Waals surface area (Å²) >= 11 is 1.64. The molecule has 78 valence electrons. The van der Waals surface area contributed by atoms with Gasteiger partial charge >= 0.3 is 0 Å². The van der Waals surface area contributed by atoms with Gasteiger partial charge in [-0.15, -0.1) is 11.3 Å². The molecule has 15 heavy (non-hydrogen) atoms. The first-order valence-corrected chi connectivity index (χ1v) is 5.95. The molecular formula is C10H12N4S. The molecule has 0 atom stereocenters. The molecule has 1 aliphatic heterocycles. The van der Waals surface area contributed by atoms with E-state index < -0.39 is 0 Å². The highest BCUT2D eigenvalue weighted by Crippen LogP contribution is 2.20. The Bertz CT molecular complexity index is 430. The van der Waals surface area contributed by atoms with Gasteiger partial charge in [-0.2, -0.15) is 0 Å². The monoisotopic (exact) mass is 220 g/mol. The standard InChI is InChI=1S/C10H12N4S/c1-8(2-11-1)10-3-12-6-14(10)4-9-5-15-7-13-9/h3,5-8,11H,1-2,4H2. The summed E-state index contributed by atoms with van der Waals surface area (Å²) in [6.07, 6.45) is 3.87. The van der Waals surface area contributed by atoms with E-state index in [4.69, 9.17) is 0 Å². The molecule has 3 heterocycles. The quantitative estimate of drug-likeness (QED) is 0.841. The predicted molar refractivity (Wildman–Crippen MR) is 59.1 cm³/mol. The summed E-state index contributed by atoms with van der Waals surface area (Å²) < 4.78 is 2.19. The summed E-state index contributed by atoms with van der Waals surface area (Å²) in [6.45, 7) is 2.99. The molecular weight excluding hydrogens is 208 g/mol. The van der Waals surface area contributed by atoms with E-state index in [-0.39, 0.29) is 0 Å². The number of thiazole rings is 1. The van der Waals surface area contributed by atoms with Crippen molar-refractivity contribution in [2.45, 2.75) is 12.5 Å². The van der Waals surface area contributed by atoms with Crippen molar-refractivity contribution in [2.75, 3.05) is 13.1 Å². The van der Waals surface area contributed by atoms with Crippen LogP contribution >= 0.6 is 11.3 Å². The summed E-state index contributed by atoms with van der Waals surface area (Å²) in [6, 6.07) is 0. The Morgan fingerprint density at radius 3 is 3.13 bits per heavy atom. The van der Waals surface area contributed by atoms with Gasteiger partial charge < -0.3 is 9.88 Å². The largest absolute Gasteiger partial charge is 0.328 e. The number of imidazole rings is 1. The minimum absolute atomic E-state index is 0.631. The first-order valence-electron chi connectivity index (χ1n) is 5.01. The van der Waals surface area contributed by atoms with Crippen molar-refractivity contribution in [3.05, 3.63) is 34.8 Å². The summed E-state index contributed by atoms with van der Waals surface area (Å²) in [5.74, 6) is 0.631. The molecule has 1 saturated heterocycles. The van der Waals surface area contributed by atoms with Crippen molar-refractivity contribution < 1.29 is 0 Å². The van der Waals surface area contributed by atoms with Crippen molar-refractivity contribution in [3.63, 3.8) is 0 Å². The Morgan fingerprint density at radius 1 is 1.53 bits per heavy atom. The average molecular weight is 220 g/mol. The molecule has 0 spiro atoms. The van der Waals surface area contributed by atoms with E-state index in [1.165, 1.54) is 5.69 Å². The van der Waals surface area contributed by atoms with E-state index in [9.17, 15) is 0 Å². The lowest BCUT2D eigenvalue weighted by Crippen LogP contribution is -2.40. The highest BCUT2D eigenvalue weighted by Gasteiger charge is 2.22. The molecule has 0 aliphatic carbocycles. The molecule has 3 rings (SSSR count). The summed E-state index contributed by atoms with van der Waals surface area (Å²) in [5.41, 5.74) is 4.31. The van der Waals surface area contributed by atoms with E-state index in [1.54, 1.807) is 11.3 Å². The normalized spacial score (nSPS) is 16.5. The Labute approximate surface area is 92.0 Å². The van der Waals surface area contributed by atoms with Crippen molar-refractivity contribution in [1.29, 1.82) is 0 Å². The van der Waals surface area contributed by atoms with Crippen molar-refractivity contribution in [1.82, 2.24) is 19.9 Å². The molecule has 1 fully saturated rings. The predicted octanol–water partition coefficient (Wildman–Crippen LogP) is 1.07. The Morgan fingerprint density at radius 2 is 2.47 bits per heavy atom. The Balaban J connectivity index is 1.82. The van der Waals surface area contributed by atoms with Gasteiger partial charge in [-0.05, 0) is 0 Å². The van der Waals surface area contributed by atoms with E-state index in [0.717, 1.165) is 25.3 Å². The zero-order valence-electron chi connectivity index (χ0n) is 8.26. The van der Waals surface area contributed by atoms with Gasteiger partial charge in [-0.1, -0.05) is 0 Å². The van der Waals surface area contributed by atoms with Crippen LogP contribution in [-0.2, 0) is 6.54 Å². The molecule has 0 bridgehead atoms. The number of aromatic nitrogens is 3. The lowest BCUT2D eigenvalue weighted by atomic mass is 10.00. The fourth-order valence-corrected chi connectivity index (χ4v) is 2.34. The van der Waals surface area contributed by atoms with Crippen LogP contribution in [0.4, 0.5) is 0 Å². The third kappa shape index (κ3) is 1.68. The van der Waals surface area contributed by atoms with E-state index in [0.29, 0.717) is 5.92 Å². The molecule has 0 unspecified atom stereocenters. The first-order chi connectivity index (χ1) is 7.43. The van der Waals surface area contributed by atoms with Crippen LogP contribution in [0.1, 0.15) is 17.3 Å². The molecule has 1 aliphatic rings. The number of hydrogen-bond acceptors (Lipinski definition) is 4. The third-order valence-electron chi connectivity index (χ3n) is 2.76. The van der Waals surface area contributed by atoms with E-state index in [1.807, 2.05) is 18.0 Å². The smallest absolute Gasteiger partial charge is 0.0951 e. The zero-order chi connectivity index (χ0) is 10.1. The SMILES string of the molecule is c1nc(Cn2cncc2C2CNC2)cs1. The second-order valence-corrected chi connectivity index (χ2v) is 4.50. The fourth-order valence-electron chi connectivity index (χ4n) is 1.79. The van der Waals surface area contributed by atoms with Gasteiger partial charge in [0.25, 0.3) is 0 Å². The van der Waals surface area contributed by atoms with Crippen LogP contribution in [-0.4, -0.2) is 27.6 Å². The molecule has 0 radical (unpaired) electrons. The number of hydrogen-bond donors (Lipinski definition) is 1. The third-order valence-corrected chi connectivity index (χ3v) is 3.40.